The summed E-state index contributed by atoms with van der Waals surface area (Å²) in [5.74, 6) is 0.116. The number of nitrogen functional groups attached to an aromatic ring is 2. The van der Waals surface area contributed by atoms with Crippen LogP contribution in [0.2, 0.25) is 0 Å². The maximum Gasteiger partial charge on any atom is 0.196 e. The largest absolute Gasteiger partial charge is 0.451 e. The van der Waals surface area contributed by atoms with Crippen LogP contribution < -0.4 is 30.0 Å². The molecule has 0 amide bonds. The zero-order valence-electron chi connectivity index (χ0n) is 25.8. The van der Waals surface area contributed by atoms with Crippen LogP contribution >= 0.6 is 23.9 Å². The minimum absolute atomic E-state index is 0.00526. The summed E-state index contributed by atoms with van der Waals surface area (Å²) in [5, 5.41) is 0. The number of carbonyl (C=O) groups is 2. The Morgan fingerprint density at radius 2 is 1.17 bits per heavy atom. The van der Waals surface area contributed by atoms with E-state index < -0.39 is 11.6 Å². The van der Waals surface area contributed by atoms with Crippen molar-refractivity contribution in [2.24, 2.45) is 0 Å². The van der Waals surface area contributed by atoms with Gasteiger partial charge in [0.1, 0.15) is 11.5 Å². The molecule has 0 radical (unpaired) electrons. The molecule has 5 aromatic rings. The first-order valence-corrected chi connectivity index (χ1v) is 16.6. The zero-order chi connectivity index (χ0) is 33.6. The highest BCUT2D eigenvalue weighted by atomic mass is 32.2. The van der Waals surface area contributed by atoms with Gasteiger partial charge in [-0.15, -0.1) is 13.2 Å². The summed E-state index contributed by atoms with van der Waals surface area (Å²) in [4.78, 5) is 29.4. The van der Waals surface area contributed by atoms with Crippen LogP contribution in [0.25, 0.3) is 0 Å². The number of rotatable bonds is 13. The van der Waals surface area contributed by atoms with Crippen LogP contribution in [-0.4, -0.2) is 24.7 Å². The van der Waals surface area contributed by atoms with Crippen molar-refractivity contribution < 1.29 is 19.1 Å². The van der Waals surface area contributed by atoms with E-state index in [1.807, 2.05) is 60.7 Å². The number of nitrogens with two attached hydrogens (primary N) is 2. The molecule has 1 aliphatic rings. The number of para-hydroxylation sites is 1. The van der Waals surface area contributed by atoms with Gasteiger partial charge in [-0.1, -0.05) is 54.6 Å². The Morgan fingerprint density at radius 3 is 1.67 bits per heavy atom. The normalized spacial score (nSPS) is 11.8. The van der Waals surface area contributed by atoms with Crippen molar-refractivity contribution in [3.63, 3.8) is 0 Å². The summed E-state index contributed by atoms with van der Waals surface area (Å²) in [5.41, 5.74) is 14.8. The lowest BCUT2D eigenvalue weighted by atomic mass is 9.82. The first-order valence-electron chi connectivity index (χ1n) is 15.0. The molecule has 8 nitrogen and oxygen atoms in total. The van der Waals surface area contributed by atoms with Gasteiger partial charge in [0.15, 0.2) is 23.1 Å². The number of ketones is 2. The number of nitrogens with zero attached hydrogens (tertiary/aromatic N) is 1. The molecule has 1 aliphatic carbocycles. The Kier molecular flexibility index (Phi) is 9.86. The van der Waals surface area contributed by atoms with Gasteiger partial charge in [0.25, 0.3) is 0 Å². The molecule has 10 heteroatoms. The summed E-state index contributed by atoms with van der Waals surface area (Å²) in [6.07, 6.45) is 3.62. The number of ether oxygens (including phenoxy) is 2. The minimum atomic E-state index is -0.413. The van der Waals surface area contributed by atoms with Crippen LogP contribution in [0, 0.1) is 0 Å². The first kappa shape index (κ1) is 32.5. The Balaban J connectivity index is 1.36. The predicted octanol–water partition coefficient (Wildman–Crippen LogP) is 8.69. The number of hydrogen-bond acceptors (Lipinski definition) is 10. The quantitative estimate of drug-likeness (QED) is 0.0476. The number of carbonyl (C=O) groups excluding carboxylic acids is 2. The SMILES string of the molecule is C=CCNSc1ccc(Oc2c(N)c3c(c(N)c2Oc2ccc(SN(CC=C)c4ccccc4)cc2)C(=O)c2ccccc2C3=O)cc1. The monoisotopic (exact) mass is 672 g/mol. The van der Waals surface area contributed by atoms with Gasteiger partial charge in [-0.2, -0.15) is 0 Å². The third-order valence-electron chi connectivity index (χ3n) is 7.41. The highest BCUT2D eigenvalue weighted by Gasteiger charge is 2.37. The topological polar surface area (TPSA) is 120 Å². The van der Waals surface area contributed by atoms with E-state index in [-0.39, 0.29) is 45.1 Å². The fourth-order valence-corrected chi connectivity index (χ4v) is 6.72. The summed E-state index contributed by atoms with van der Waals surface area (Å²) in [6, 6.07) is 31.3. The third kappa shape index (κ3) is 6.68. The molecule has 5 aromatic carbocycles. The van der Waals surface area contributed by atoms with E-state index in [9.17, 15) is 9.59 Å². The van der Waals surface area contributed by atoms with Crippen LogP contribution in [0.1, 0.15) is 31.8 Å². The van der Waals surface area contributed by atoms with E-state index in [2.05, 4.69) is 22.2 Å². The Labute approximate surface area is 287 Å². The summed E-state index contributed by atoms with van der Waals surface area (Å²) >= 11 is 3.01. The smallest absolute Gasteiger partial charge is 0.196 e. The molecule has 0 fully saturated rings. The molecular formula is C38H32N4O4S2. The lowest BCUT2D eigenvalue weighted by Crippen LogP contribution is -2.24. The maximum absolute atomic E-state index is 13.8. The molecule has 0 atom stereocenters. The van der Waals surface area contributed by atoms with E-state index >= 15 is 0 Å². The molecule has 0 saturated carbocycles. The number of hydrogen-bond donors (Lipinski definition) is 3. The van der Waals surface area contributed by atoms with E-state index in [1.165, 1.54) is 11.9 Å². The number of fused-ring (bicyclic) bond motifs is 2. The van der Waals surface area contributed by atoms with Gasteiger partial charge < -0.3 is 25.2 Å². The van der Waals surface area contributed by atoms with Gasteiger partial charge in [-0.3, -0.25) is 14.3 Å². The van der Waals surface area contributed by atoms with E-state index in [1.54, 1.807) is 66.6 Å². The van der Waals surface area contributed by atoms with E-state index in [0.29, 0.717) is 24.6 Å². The standard InChI is InChI=1S/C38H32N4O4S2/c1-3-22-41-47-27-18-14-25(15-19-27)45-37-33(39)31-32(36(44)30-13-9-8-12-29(30)35(31)43)34(40)38(37)46-26-16-20-28(21-17-26)48-42(23-4-2)24-10-6-5-7-11-24/h3-21,41H,1-2,22-23,39-40H2. The molecule has 240 valence electrons. The summed E-state index contributed by atoms with van der Waals surface area (Å²) in [6.45, 7) is 8.89. The van der Waals surface area contributed by atoms with E-state index in [0.717, 1.165) is 15.5 Å². The van der Waals surface area contributed by atoms with Crippen LogP contribution in [0.5, 0.6) is 23.0 Å². The second-order valence-electron chi connectivity index (χ2n) is 10.6. The highest BCUT2D eigenvalue weighted by Crippen LogP contribution is 2.50. The van der Waals surface area contributed by atoms with Gasteiger partial charge >= 0.3 is 0 Å². The molecule has 5 N–H and O–H groups in total. The number of nitrogens with one attached hydrogen (secondary N) is 1. The minimum Gasteiger partial charge on any atom is -0.451 e. The molecule has 0 spiro atoms. The lowest BCUT2D eigenvalue weighted by molar-refractivity contribution is 0.0980. The van der Waals surface area contributed by atoms with Gasteiger partial charge in [-0.05, 0) is 84.6 Å². The van der Waals surface area contributed by atoms with E-state index in [4.69, 9.17) is 20.9 Å². The second-order valence-corrected chi connectivity index (χ2v) is 12.7. The molecule has 0 unspecified atom stereocenters. The van der Waals surface area contributed by atoms with Crippen molar-refractivity contribution in [1.82, 2.24) is 4.72 Å². The first-order chi connectivity index (χ1) is 23.4. The lowest BCUT2D eigenvalue weighted by Gasteiger charge is -2.25. The number of anilines is 3. The molecule has 0 heterocycles. The molecule has 0 saturated heterocycles. The maximum atomic E-state index is 13.8. The second kappa shape index (κ2) is 14.6. The Bertz CT molecular complexity index is 2000. The van der Waals surface area contributed by atoms with Crippen molar-refractivity contribution in [1.29, 1.82) is 0 Å². The van der Waals surface area contributed by atoms with Crippen molar-refractivity contribution in [2.75, 3.05) is 28.9 Å². The molecule has 6 rings (SSSR count). The van der Waals surface area contributed by atoms with Crippen molar-refractivity contribution >= 4 is 52.5 Å². The predicted molar refractivity (Wildman–Crippen MR) is 196 cm³/mol. The fourth-order valence-electron chi connectivity index (χ4n) is 5.16. The van der Waals surface area contributed by atoms with Gasteiger partial charge in [0, 0.05) is 39.7 Å². The van der Waals surface area contributed by atoms with Crippen LogP contribution in [0.4, 0.5) is 17.1 Å². The molecule has 0 bridgehead atoms. The van der Waals surface area contributed by atoms with Crippen LogP contribution in [-0.2, 0) is 0 Å². The average Bonchev–Trinajstić information content (AvgIpc) is 3.12. The average molecular weight is 673 g/mol. The Hall–Kier alpha value is -5.42. The van der Waals surface area contributed by atoms with Gasteiger partial charge in [0.05, 0.1) is 22.5 Å². The van der Waals surface area contributed by atoms with Crippen molar-refractivity contribution in [3.05, 3.63) is 151 Å². The summed E-state index contributed by atoms with van der Waals surface area (Å²) < 4.78 is 18.0. The van der Waals surface area contributed by atoms with Crippen molar-refractivity contribution in [3.8, 4) is 23.0 Å². The zero-order valence-corrected chi connectivity index (χ0v) is 27.5. The molecule has 0 aromatic heterocycles. The molecular weight excluding hydrogens is 641 g/mol. The fraction of sp³-hybridized carbons (Fsp3) is 0.0526. The Morgan fingerprint density at radius 1 is 0.667 bits per heavy atom. The van der Waals surface area contributed by atoms with Crippen LogP contribution in [0.15, 0.2) is 138 Å². The highest BCUT2D eigenvalue weighted by molar-refractivity contribution is 8.00. The molecule has 48 heavy (non-hydrogen) atoms. The van der Waals surface area contributed by atoms with Gasteiger partial charge in [-0.25, -0.2) is 0 Å². The number of benzene rings is 5. The van der Waals surface area contributed by atoms with Gasteiger partial charge in [0.2, 0.25) is 0 Å². The third-order valence-corrected chi connectivity index (χ3v) is 9.30. The molecule has 0 aliphatic heterocycles. The van der Waals surface area contributed by atoms with Crippen LogP contribution in [0.3, 0.4) is 0 Å². The van der Waals surface area contributed by atoms with Crippen molar-refractivity contribution in [2.45, 2.75) is 9.79 Å². The summed E-state index contributed by atoms with van der Waals surface area (Å²) in [7, 11) is 0.